The van der Waals surface area contributed by atoms with E-state index < -0.39 is 0 Å². The molecule has 0 spiro atoms. The average molecular weight is 324 g/mol. The second-order valence-corrected chi connectivity index (χ2v) is 6.91. The van der Waals surface area contributed by atoms with E-state index in [4.69, 9.17) is 10.5 Å². The molecule has 0 saturated carbocycles. The van der Waals surface area contributed by atoms with Crippen molar-refractivity contribution in [2.45, 2.75) is 18.8 Å². The molecule has 1 unspecified atom stereocenters. The van der Waals surface area contributed by atoms with Crippen molar-refractivity contribution in [1.29, 1.82) is 0 Å². The molecule has 0 aliphatic carbocycles. The predicted molar refractivity (Wildman–Crippen MR) is 99.6 cm³/mol. The number of nitrogens with two attached hydrogens (primary N) is 1. The van der Waals surface area contributed by atoms with Crippen LogP contribution in [0.1, 0.15) is 29.9 Å². The smallest absolute Gasteiger partial charge is 0.118 e. The van der Waals surface area contributed by atoms with Crippen molar-refractivity contribution in [2.24, 2.45) is 11.7 Å². The van der Waals surface area contributed by atoms with Crippen LogP contribution in [0.5, 0.6) is 5.75 Å². The highest BCUT2D eigenvalue weighted by atomic mass is 16.5. The number of hydrogen-bond acceptors (Lipinski definition) is 3. The van der Waals surface area contributed by atoms with Gasteiger partial charge in [0.05, 0.1) is 7.11 Å². The summed E-state index contributed by atoms with van der Waals surface area (Å²) in [6.45, 7) is 6.33. The zero-order valence-corrected chi connectivity index (χ0v) is 14.7. The fourth-order valence-corrected chi connectivity index (χ4v) is 3.85. The molecule has 0 bridgehead atoms. The summed E-state index contributed by atoms with van der Waals surface area (Å²) in [6.07, 6.45) is 0. The van der Waals surface area contributed by atoms with Crippen LogP contribution in [-0.2, 0) is 0 Å². The number of ether oxygens (including phenoxy) is 1. The highest BCUT2D eigenvalue weighted by Gasteiger charge is 2.33. The molecular weight excluding hydrogens is 296 g/mol. The summed E-state index contributed by atoms with van der Waals surface area (Å²) < 4.78 is 5.25. The van der Waals surface area contributed by atoms with Gasteiger partial charge in [0.1, 0.15) is 5.75 Å². The van der Waals surface area contributed by atoms with Crippen LogP contribution in [0.15, 0.2) is 54.6 Å². The monoisotopic (exact) mass is 324 g/mol. The van der Waals surface area contributed by atoms with Gasteiger partial charge in [-0.1, -0.05) is 49.4 Å². The Bertz CT molecular complexity index is 626. The maximum Gasteiger partial charge on any atom is 0.118 e. The topological polar surface area (TPSA) is 38.5 Å². The molecule has 0 amide bonds. The Hall–Kier alpha value is -1.84. The molecule has 0 aromatic heterocycles. The molecule has 3 heteroatoms. The van der Waals surface area contributed by atoms with Crippen LogP contribution < -0.4 is 10.5 Å². The van der Waals surface area contributed by atoms with E-state index in [2.05, 4.69) is 54.3 Å². The minimum Gasteiger partial charge on any atom is -0.497 e. The number of likely N-dealkylation sites (tertiary alicyclic amines) is 1. The summed E-state index contributed by atoms with van der Waals surface area (Å²) in [7, 11) is 1.71. The van der Waals surface area contributed by atoms with Crippen LogP contribution in [0.4, 0.5) is 0 Å². The third-order valence-corrected chi connectivity index (χ3v) is 5.26. The first kappa shape index (κ1) is 17.0. The average Bonchev–Trinajstić information content (AvgIpc) is 3.05. The quantitative estimate of drug-likeness (QED) is 0.884. The normalized spacial score (nSPS) is 22.5. The molecule has 1 fully saturated rings. The summed E-state index contributed by atoms with van der Waals surface area (Å²) in [5, 5.41) is 0. The van der Waals surface area contributed by atoms with Gasteiger partial charge in [-0.05, 0) is 41.6 Å². The van der Waals surface area contributed by atoms with Crippen LogP contribution in [0, 0.1) is 5.92 Å². The van der Waals surface area contributed by atoms with E-state index in [0.29, 0.717) is 17.8 Å². The Balaban J connectivity index is 1.65. The van der Waals surface area contributed by atoms with E-state index in [1.165, 1.54) is 11.1 Å². The molecule has 0 radical (unpaired) electrons. The van der Waals surface area contributed by atoms with Crippen molar-refractivity contribution in [3.05, 3.63) is 65.7 Å². The zero-order valence-electron chi connectivity index (χ0n) is 14.7. The molecule has 1 aliphatic rings. The van der Waals surface area contributed by atoms with Gasteiger partial charge in [-0.3, -0.25) is 0 Å². The van der Waals surface area contributed by atoms with Crippen LogP contribution in [0.2, 0.25) is 0 Å². The van der Waals surface area contributed by atoms with Gasteiger partial charge >= 0.3 is 0 Å². The molecule has 1 heterocycles. The molecule has 1 aliphatic heterocycles. The third kappa shape index (κ3) is 3.80. The lowest BCUT2D eigenvalue weighted by atomic mass is 9.89. The maximum absolute atomic E-state index is 6.06. The molecule has 3 rings (SSSR count). The van der Waals surface area contributed by atoms with E-state index in [0.717, 1.165) is 31.9 Å². The molecule has 2 aromatic rings. The van der Waals surface area contributed by atoms with Gasteiger partial charge in [0, 0.05) is 25.6 Å². The SMILES string of the molecule is COc1ccc(C(C)CN2C[C@@H](CN)[C@H](c3ccccc3)C2)cc1. The van der Waals surface area contributed by atoms with E-state index in [9.17, 15) is 0 Å². The maximum atomic E-state index is 6.06. The molecule has 24 heavy (non-hydrogen) atoms. The number of hydrogen-bond donors (Lipinski definition) is 1. The highest BCUT2D eigenvalue weighted by molar-refractivity contribution is 5.29. The second kappa shape index (κ2) is 7.82. The molecule has 3 nitrogen and oxygen atoms in total. The number of nitrogens with zero attached hydrogens (tertiary/aromatic N) is 1. The van der Waals surface area contributed by atoms with Gasteiger partial charge in [-0.15, -0.1) is 0 Å². The van der Waals surface area contributed by atoms with Crippen LogP contribution in [0.25, 0.3) is 0 Å². The molecular formula is C21H28N2O. The van der Waals surface area contributed by atoms with Crippen molar-refractivity contribution in [3.8, 4) is 5.75 Å². The second-order valence-electron chi connectivity index (χ2n) is 6.91. The summed E-state index contributed by atoms with van der Waals surface area (Å²) in [5.41, 5.74) is 8.84. The van der Waals surface area contributed by atoms with Gasteiger partial charge in [-0.25, -0.2) is 0 Å². The number of methoxy groups -OCH3 is 1. The van der Waals surface area contributed by atoms with Crippen molar-refractivity contribution in [3.63, 3.8) is 0 Å². The number of benzene rings is 2. The van der Waals surface area contributed by atoms with Crippen LogP contribution >= 0.6 is 0 Å². The van der Waals surface area contributed by atoms with E-state index in [-0.39, 0.29) is 0 Å². The lowest BCUT2D eigenvalue weighted by molar-refractivity contribution is 0.307. The van der Waals surface area contributed by atoms with Gasteiger partial charge < -0.3 is 15.4 Å². The lowest BCUT2D eigenvalue weighted by Gasteiger charge is -2.21. The van der Waals surface area contributed by atoms with E-state index >= 15 is 0 Å². The standard InChI is InChI=1S/C21H28N2O/c1-16(17-8-10-20(24-2)11-9-17)13-23-14-19(12-22)21(15-23)18-6-4-3-5-7-18/h3-11,16,19,21H,12-15,22H2,1-2H3/t16?,19-,21+/m1/s1. The number of rotatable bonds is 6. The Morgan fingerprint density at radius 1 is 1.08 bits per heavy atom. The van der Waals surface area contributed by atoms with Crippen molar-refractivity contribution >= 4 is 0 Å². The first-order valence-electron chi connectivity index (χ1n) is 8.82. The first-order chi connectivity index (χ1) is 11.7. The summed E-state index contributed by atoms with van der Waals surface area (Å²) in [5.74, 6) is 2.53. The molecule has 1 saturated heterocycles. The lowest BCUT2D eigenvalue weighted by Crippen LogP contribution is -2.27. The fourth-order valence-electron chi connectivity index (χ4n) is 3.85. The Morgan fingerprint density at radius 3 is 2.42 bits per heavy atom. The van der Waals surface area contributed by atoms with E-state index in [1.807, 2.05) is 12.1 Å². The van der Waals surface area contributed by atoms with E-state index in [1.54, 1.807) is 7.11 Å². The van der Waals surface area contributed by atoms with Gasteiger partial charge in [0.25, 0.3) is 0 Å². The highest BCUT2D eigenvalue weighted by Crippen LogP contribution is 2.33. The molecule has 3 atom stereocenters. The van der Waals surface area contributed by atoms with Crippen molar-refractivity contribution in [1.82, 2.24) is 4.90 Å². The van der Waals surface area contributed by atoms with Crippen LogP contribution in [0.3, 0.4) is 0 Å². The largest absolute Gasteiger partial charge is 0.497 e. The van der Waals surface area contributed by atoms with Gasteiger partial charge in [0.15, 0.2) is 0 Å². The first-order valence-corrected chi connectivity index (χ1v) is 8.82. The minimum atomic E-state index is 0.504. The zero-order chi connectivity index (χ0) is 16.9. The van der Waals surface area contributed by atoms with Crippen molar-refractivity contribution < 1.29 is 4.74 Å². The Kier molecular flexibility index (Phi) is 5.54. The summed E-state index contributed by atoms with van der Waals surface area (Å²) >= 11 is 0. The Morgan fingerprint density at radius 2 is 1.79 bits per heavy atom. The summed E-state index contributed by atoms with van der Waals surface area (Å²) in [4.78, 5) is 2.57. The molecule has 2 N–H and O–H groups in total. The molecule has 128 valence electrons. The fraction of sp³-hybridized carbons (Fsp3) is 0.429. The predicted octanol–water partition coefficient (Wildman–Crippen LogP) is 3.47. The van der Waals surface area contributed by atoms with Crippen LogP contribution in [-0.4, -0.2) is 38.2 Å². The summed E-state index contributed by atoms with van der Waals surface area (Å²) in [6, 6.07) is 19.3. The minimum absolute atomic E-state index is 0.504. The van der Waals surface area contributed by atoms with Crippen molar-refractivity contribution in [2.75, 3.05) is 33.3 Å². The van der Waals surface area contributed by atoms with Gasteiger partial charge in [0.2, 0.25) is 0 Å². The third-order valence-electron chi connectivity index (χ3n) is 5.26. The van der Waals surface area contributed by atoms with Gasteiger partial charge in [-0.2, -0.15) is 0 Å². The Labute approximate surface area is 145 Å². The molecule has 2 aromatic carbocycles.